The maximum Gasteiger partial charge on any atom is 0.344 e. The van der Waals surface area contributed by atoms with Crippen LogP contribution in [0.15, 0.2) is 42.9 Å². The highest BCUT2D eigenvalue weighted by molar-refractivity contribution is 7.19. The van der Waals surface area contributed by atoms with Crippen molar-refractivity contribution < 1.29 is 14.3 Å². The highest BCUT2D eigenvalue weighted by Gasteiger charge is 2.21. The number of aryl methyl sites for hydroxylation is 2. The van der Waals surface area contributed by atoms with E-state index < -0.39 is 5.97 Å². The van der Waals surface area contributed by atoms with E-state index in [0.717, 1.165) is 29.5 Å². The molecule has 0 saturated carbocycles. The van der Waals surface area contributed by atoms with Gasteiger partial charge in [0.2, 0.25) is 5.88 Å². The zero-order chi connectivity index (χ0) is 21.9. The van der Waals surface area contributed by atoms with E-state index in [-0.39, 0.29) is 18.1 Å². The van der Waals surface area contributed by atoms with Gasteiger partial charge in [0.15, 0.2) is 12.4 Å². The van der Waals surface area contributed by atoms with Gasteiger partial charge < -0.3 is 15.2 Å². The lowest BCUT2D eigenvalue weighted by molar-refractivity contribution is 0.0459. The molecule has 2 N–H and O–H groups in total. The zero-order valence-electron chi connectivity index (χ0n) is 17.3. The quantitative estimate of drug-likeness (QED) is 0.352. The number of nitrogens with two attached hydrogens (primary N) is 1. The number of ether oxygens (including phenoxy) is 2. The molecule has 4 aromatic rings. The van der Waals surface area contributed by atoms with Crippen LogP contribution in [-0.4, -0.2) is 25.9 Å². The molecule has 1 aliphatic carbocycles. The molecule has 0 fully saturated rings. The van der Waals surface area contributed by atoms with Crippen LogP contribution in [-0.2, 0) is 24.2 Å². The summed E-state index contributed by atoms with van der Waals surface area (Å²) in [5, 5.41) is 0.960. The van der Waals surface area contributed by atoms with E-state index in [0.29, 0.717) is 17.4 Å². The predicted octanol–water partition coefficient (Wildman–Crippen LogP) is 4.48. The summed E-state index contributed by atoms with van der Waals surface area (Å²) >= 11 is 1.67. The molecule has 0 aliphatic heterocycles. The minimum absolute atomic E-state index is 0.0945. The van der Waals surface area contributed by atoms with Gasteiger partial charge in [-0.25, -0.2) is 19.7 Å². The van der Waals surface area contributed by atoms with Crippen molar-refractivity contribution in [2.24, 2.45) is 0 Å². The van der Waals surface area contributed by atoms with Crippen LogP contribution in [0.2, 0.25) is 0 Å². The molecule has 0 radical (unpaired) electrons. The minimum atomic E-state index is -0.582. The van der Waals surface area contributed by atoms with E-state index in [2.05, 4.69) is 19.9 Å². The zero-order valence-corrected chi connectivity index (χ0v) is 18.1. The molecule has 4 heterocycles. The van der Waals surface area contributed by atoms with Gasteiger partial charge in [-0.05, 0) is 55.5 Å². The number of aromatic nitrogens is 4. The summed E-state index contributed by atoms with van der Waals surface area (Å²) in [6.07, 6.45) is 10.4. The van der Waals surface area contributed by atoms with Crippen molar-refractivity contribution in [3.63, 3.8) is 0 Å². The number of nitrogens with zero attached hydrogens (tertiary/aromatic N) is 4. The van der Waals surface area contributed by atoms with E-state index in [1.165, 1.54) is 29.5 Å². The van der Waals surface area contributed by atoms with Crippen LogP contribution in [0.5, 0.6) is 11.6 Å². The molecule has 0 unspecified atom stereocenters. The van der Waals surface area contributed by atoms with Crippen LogP contribution in [0.1, 0.15) is 45.9 Å². The Labute approximate surface area is 188 Å². The third-order valence-corrected chi connectivity index (χ3v) is 6.50. The fourth-order valence-electron chi connectivity index (χ4n) is 3.83. The third-order valence-electron chi connectivity index (χ3n) is 5.31. The first-order valence-corrected chi connectivity index (χ1v) is 11.3. The van der Waals surface area contributed by atoms with Crippen molar-refractivity contribution in [2.45, 2.75) is 38.7 Å². The predicted molar refractivity (Wildman–Crippen MR) is 121 cm³/mol. The number of hydrogen-bond acceptors (Lipinski definition) is 9. The molecule has 9 heteroatoms. The Balaban J connectivity index is 1.34. The van der Waals surface area contributed by atoms with Crippen molar-refractivity contribution in [3.05, 3.63) is 64.7 Å². The summed E-state index contributed by atoms with van der Waals surface area (Å²) in [6.45, 7) is -0.0945. The van der Waals surface area contributed by atoms with Crippen molar-refractivity contribution in [2.75, 3.05) is 5.73 Å². The second-order valence-corrected chi connectivity index (χ2v) is 8.58. The van der Waals surface area contributed by atoms with Crippen LogP contribution in [0.25, 0.3) is 10.2 Å². The Kier molecular flexibility index (Phi) is 5.64. The van der Waals surface area contributed by atoms with Gasteiger partial charge in [-0.3, -0.25) is 4.98 Å². The molecular formula is C23H21N5O3S. The Morgan fingerprint density at radius 1 is 1.09 bits per heavy atom. The number of fused-ring (bicyclic) bond motifs is 3. The van der Waals surface area contributed by atoms with Crippen LogP contribution < -0.4 is 10.5 Å². The van der Waals surface area contributed by atoms with Gasteiger partial charge in [-0.15, -0.1) is 11.3 Å². The molecule has 0 bridgehead atoms. The fourth-order valence-corrected chi connectivity index (χ4v) is 5.12. The molecule has 0 spiro atoms. The highest BCUT2D eigenvalue weighted by atomic mass is 32.1. The number of anilines is 1. The van der Waals surface area contributed by atoms with Gasteiger partial charge in [-0.1, -0.05) is 6.42 Å². The van der Waals surface area contributed by atoms with E-state index in [4.69, 9.17) is 15.2 Å². The van der Waals surface area contributed by atoms with Crippen LogP contribution in [0.3, 0.4) is 0 Å². The van der Waals surface area contributed by atoms with E-state index in [1.807, 2.05) is 0 Å². The Morgan fingerprint density at radius 3 is 2.84 bits per heavy atom. The monoisotopic (exact) mass is 447 g/mol. The van der Waals surface area contributed by atoms with Crippen molar-refractivity contribution in [1.82, 2.24) is 19.9 Å². The molecule has 32 heavy (non-hydrogen) atoms. The average molecular weight is 448 g/mol. The molecule has 1 aliphatic rings. The average Bonchev–Trinajstić information content (AvgIpc) is 3.00. The van der Waals surface area contributed by atoms with E-state index >= 15 is 0 Å². The Morgan fingerprint density at radius 2 is 1.97 bits per heavy atom. The standard InChI is InChI=1S/C23H21N5O3S/c24-20-19-15-7-2-1-3-9-17(15)32-22(19)28-18(27-20)13-30-23(29)16-8-5-11-26-21(16)31-14-6-4-10-25-12-14/h4-6,8,10-12H,1-3,7,9,13H2,(H2,24,27,28). The van der Waals surface area contributed by atoms with Gasteiger partial charge in [0, 0.05) is 17.3 Å². The number of hydrogen-bond donors (Lipinski definition) is 1. The van der Waals surface area contributed by atoms with E-state index in [9.17, 15) is 4.79 Å². The molecule has 0 saturated heterocycles. The summed E-state index contributed by atoms with van der Waals surface area (Å²) in [5.41, 5.74) is 7.77. The normalized spacial score (nSPS) is 13.4. The topological polar surface area (TPSA) is 113 Å². The third kappa shape index (κ3) is 4.11. The number of pyridine rings is 2. The number of carbonyl (C=O) groups excluding carboxylic acids is 1. The molecule has 8 nitrogen and oxygen atoms in total. The lowest BCUT2D eigenvalue weighted by atomic mass is 10.1. The Bertz CT molecular complexity index is 1280. The number of esters is 1. The summed E-state index contributed by atoms with van der Waals surface area (Å²) < 4.78 is 11.2. The summed E-state index contributed by atoms with van der Waals surface area (Å²) in [5.74, 6) is 0.852. The second kappa shape index (κ2) is 8.88. The molecule has 5 rings (SSSR count). The number of thiophene rings is 1. The molecule has 0 atom stereocenters. The van der Waals surface area contributed by atoms with Crippen LogP contribution >= 0.6 is 11.3 Å². The maximum absolute atomic E-state index is 12.7. The summed E-state index contributed by atoms with van der Waals surface area (Å²) in [4.78, 5) is 32.1. The lowest BCUT2D eigenvalue weighted by Crippen LogP contribution is -2.10. The van der Waals surface area contributed by atoms with Gasteiger partial charge in [0.25, 0.3) is 0 Å². The number of carbonyl (C=O) groups is 1. The largest absolute Gasteiger partial charge is 0.454 e. The van der Waals surface area contributed by atoms with Gasteiger partial charge >= 0.3 is 5.97 Å². The second-order valence-electron chi connectivity index (χ2n) is 7.49. The molecule has 4 aromatic heterocycles. The lowest BCUT2D eigenvalue weighted by Gasteiger charge is -2.09. The van der Waals surface area contributed by atoms with Gasteiger partial charge in [0.05, 0.1) is 11.6 Å². The maximum atomic E-state index is 12.7. The van der Waals surface area contributed by atoms with Crippen molar-refractivity contribution >= 4 is 33.3 Å². The summed E-state index contributed by atoms with van der Waals surface area (Å²) in [7, 11) is 0. The molecule has 0 aromatic carbocycles. The van der Waals surface area contributed by atoms with Crippen molar-refractivity contribution in [3.8, 4) is 11.6 Å². The number of nitrogen functional groups attached to an aromatic ring is 1. The van der Waals surface area contributed by atoms with Gasteiger partial charge in [0.1, 0.15) is 22.0 Å². The fraction of sp³-hybridized carbons (Fsp3) is 0.261. The molecule has 162 valence electrons. The SMILES string of the molecule is Nc1nc(COC(=O)c2cccnc2Oc2cccnc2)nc2sc3c(c12)CCCCC3. The van der Waals surface area contributed by atoms with Crippen LogP contribution in [0, 0.1) is 0 Å². The Hall–Kier alpha value is -3.59. The van der Waals surface area contributed by atoms with Crippen LogP contribution in [0.4, 0.5) is 5.82 Å². The molecular weight excluding hydrogens is 426 g/mol. The smallest absolute Gasteiger partial charge is 0.344 e. The highest BCUT2D eigenvalue weighted by Crippen LogP contribution is 2.37. The first kappa shape index (κ1) is 20.3. The number of rotatable bonds is 5. The summed E-state index contributed by atoms with van der Waals surface area (Å²) in [6, 6.07) is 6.70. The first-order chi connectivity index (χ1) is 15.7. The molecule has 0 amide bonds. The minimum Gasteiger partial charge on any atom is -0.454 e. The first-order valence-electron chi connectivity index (χ1n) is 10.5. The van der Waals surface area contributed by atoms with E-state index in [1.54, 1.807) is 48.0 Å². The van der Waals surface area contributed by atoms with Crippen molar-refractivity contribution in [1.29, 1.82) is 0 Å². The van der Waals surface area contributed by atoms with Gasteiger partial charge in [-0.2, -0.15) is 0 Å².